The molecule has 0 aromatic heterocycles. The van der Waals surface area contributed by atoms with E-state index in [2.05, 4.69) is 6.92 Å². The van der Waals surface area contributed by atoms with Crippen molar-refractivity contribution in [3.05, 3.63) is 0 Å². The monoisotopic (exact) mass is 161 g/mol. The molecule has 0 bridgehead atoms. The quantitative estimate of drug-likeness (QED) is 0.597. The third kappa shape index (κ3) is 4.35. The van der Waals surface area contributed by atoms with E-state index in [1.54, 1.807) is 7.11 Å². The minimum atomic E-state index is -0.398. The molecule has 2 unspecified atom stereocenters. The third-order valence-corrected chi connectivity index (χ3v) is 1.77. The Balaban J connectivity index is 3.61. The van der Waals surface area contributed by atoms with E-state index >= 15 is 0 Å². The molecular weight excluding hydrogens is 142 g/mol. The zero-order valence-corrected chi connectivity index (χ0v) is 7.42. The van der Waals surface area contributed by atoms with Gasteiger partial charge < -0.3 is 15.6 Å². The zero-order valence-electron chi connectivity index (χ0n) is 7.42. The fraction of sp³-hybridized carbons (Fsp3) is 1.00. The van der Waals surface area contributed by atoms with Gasteiger partial charge in [0.25, 0.3) is 0 Å². The van der Waals surface area contributed by atoms with Gasteiger partial charge in [0.15, 0.2) is 0 Å². The van der Waals surface area contributed by atoms with E-state index in [1.807, 2.05) is 0 Å². The maximum Gasteiger partial charge on any atom is 0.0830 e. The van der Waals surface area contributed by atoms with Crippen LogP contribution in [0.25, 0.3) is 0 Å². The molecule has 3 N–H and O–H groups in total. The predicted octanol–water partition coefficient (Wildman–Crippen LogP) is 0.511. The van der Waals surface area contributed by atoms with Crippen LogP contribution in [-0.4, -0.2) is 31.0 Å². The molecule has 0 aromatic carbocycles. The van der Waals surface area contributed by atoms with Gasteiger partial charge in [-0.3, -0.25) is 0 Å². The zero-order chi connectivity index (χ0) is 8.69. The number of methoxy groups -OCH3 is 1. The number of rotatable bonds is 6. The molecule has 11 heavy (non-hydrogen) atoms. The van der Waals surface area contributed by atoms with Crippen LogP contribution < -0.4 is 5.73 Å². The van der Waals surface area contributed by atoms with Gasteiger partial charge in [-0.05, 0) is 19.4 Å². The topological polar surface area (TPSA) is 55.5 Å². The van der Waals surface area contributed by atoms with Gasteiger partial charge in [0.2, 0.25) is 0 Å². The van der Waals surface area contributed by atoms with Crippen LogP contribution in [0.3, 0.4) is 0 Å². The molecule has 0 saturated heterocycles. The lowest BCUT2D eigenvalue weighted by atomic mass is 10.1. The highest BCUT2D eigenvalue weighted by Gasteiger charge is 2.15. The van der Waals surface area contributed by atoms with Crippen LogP contribution in [0.2, 0.25) is 0 Å². The summed E-state index contributed by atoms with van der Waals surface area (Å²) >= 11 is 0. The Kier molecular flexibility index (Phi) is 6.51. The standard InChI is InChI=1S/C8H19NO2/c1-3-4-8(11-2)7(10)5-6-9/h7-8,10H,3-6,9H2,1-2H3. The van der Waals surface area contributed by atoms with Crippen molar-refractivity contribution in [2.75, 3.05) is 13.7 Å². The van der Waals surface area contributed by atoms with E-state index in [4.69, 9.17) is 10.5 Å². The van der Waals surface area contributed by atoms with E-state index in [1.165, 1.54) is 0 Å². The molecule has 0 aliphatic carbocycles. The van der Waals surface area contributed by atoms with Crippen LogP contribution in [0.1, 0.15) is 26.2 Å². The average Bonchev–Trinajstić information content (AvgIpc) is 2.00. The number of aliphatic hydroxyl groups is 1. The third-order valence-electron chi connectivity index (χ3n) is 1.77. The van der Waals surface area contributed by atoms with E-state index in [0.29, 0.717) is 13.0 Å². The number of nitrogens with two attached hydrogens (primary N) is 1. The number of hydrogen-bond acceptors (Lipinski definition) is 3. The van der Waals surface area contributed by atoms with Crippen LogP contribution in [0.4, 0.5) is 0 Å². The van der Waals surface area contributed by atoms with Crippen molar-refractivity contribution in [3.63, 3.8) is 0 Å². The first kappa shape index (κ1) is 10.9. The summed E-state index contributed by atoms with van der Waals surface area (Å²) in [7, 11) is 1.63. The average molecular weight is 161 g/mol. The summed E-state index contributed by atoms with van der Waals surface area (Å²) in [6, 6.07) is 0. The second-order valence-electron chi connectivity index (χ2n) is 2.71. The van der Waals surface area contributed by atoms with Crippen molar-refractivity contribution in [3.8, 4) is 0 Å². The summed E-state index contributed by atoms with van der Waals surface area (Å²) in [5.41, 5.74) is 5.30. The van der Waals surface area contributed by atoms with Gasteiger partial charge in [-0.1, -0.05) is 13.3 Å². The fourth-order valence-corrected chi connectivity index (χ4v) is 1.11. The summed E-state index contributed by atoms with van der Waals surface area (Å²) < 4.78 is 5.10. The van der Waals surface area contributed by atoms with E-state index in [-0.39, 0.29) is 6.10 Å². The van der Waals surface area contributed by atoms with Gasteiger partial charge in [-0.25, -0.2) is 0 Å². The molecule has 0 fully saturated rings. The maximum absolute atomic E-state index is 9.44. The van der Waals surface area contributed by atoms with E-state index in [0.717, 1.165) is 12.8 Å². The molecule has 3 heteroatoms. The molecular formula is C8H19NO2. The van der Waals surface area contributed by atoms with Crippen molar-refractivity contribution in [1.29, 1.82) is 0 Å². The lowest BCUT2D eigenvalue weighted by Crippen LogP contribution is -2.29. The lowest BCUT2D eigenvalue weighted by Gasteiger charge is -2.20. The van der Waals surface area contributed by atoms with Gasteiger partial charge in [0.1, 0.15) is 0 Å². The summed E-state index contributed by atoms with van der Waals surface area (Å²) in [6.07, 6.45) is 2.12. The highest BCUT2D eigenvalue weighted by molar-refractivity contribution is 4.68. The molecule has 0 aliphatic heterocycles. The van der Waals surface area contributed by atoms with Crippen LogP contribution in [0.15, 0.2) is 0 Å². The first-order chi connectivity index (χ1) is 5.26. The van der Waals surface area contributed by atoms with Gasteiger partial charge in [-0.15, -0.1) is 0 Å². The van der Waals surface area contributed by atoms with E-state index in [9.17, 15) is 5.11 Å². The molecule has 0 aromatic rings. The van der Waals surface area contributed by atoms with Gasteiger partial charge in [0.05, 0.1) is 12.2 Å². The van der Waals surface area contributed by atoms with Crippen LogP contribution in [0.5, 0.6) is 0 Å². The normalized spacial score (nSPS) is 16.4. The summed E-state index contributed by atoms with van der Waals surface area (Å²) in [4.78, 5) is 0. The first-order valence-electron chi connectivity index (χ1n) is 4.17. The van der Waals surface area contributed by atoms with Crippen molar-refractivity contribution in [1.82, 2.24) is 0 Å². The Bertz CT molecular complexity index is 88.2. The molecule has 0 amide bonds. The Labute approximate surface area is 68.5 Å². The van der Waals surface area contributed by atoms with Crippen molar-refractivity contribution >= 4 is 0 Å². The van der Waals surface area contributed by atoms with Crippen LogP contribution >= 0.6 is 0 Å². The molecule has 0 saturated carbocycles. The second-order valence-corrected chi connectivity index (χ2v) is 2.71. The molecule has 0 heterocycles. The molecule has 0 aliphatic rings. The summed E-state index contributed by atoms with van der Waals surface area (Å²) in [6.45, 7) is 2.59. The van der Waals surface area contributed by atoms with Crippen molar-refractivity contribution in [2.45, 2.75) is 38.4 Å². The number of aliphatic hydroxyl groups excluding tert-OH is 1. The molecule has 3 nitrogen and oxygen atoms in total. The lowest BCUT2D eigenvalue weighted by molar-refractivity contribution is -0.0189. The SMILES string of the molecule is CCCC(OC)C(O)CCN. The molecule has 68 valence electrons. The Morgan fingerprint density at radius 1 is 1.45 bits per heavy atom. The number of ether oxygens (including phenoxy) is 1. The van der Waals surface area contributed by atoms with E-state index < -0.39 is 6.10 Å². The Morgan fingerprint density at radius 3 is 2.45 bits per heavy atom. The molecule has 0 rings (SSSR count). The molecule has 0 radical (unpaired) electrons. The highest BCUT2D eigenvalue weighted by atomic mass is 16.5. The summed E-state index contributed by atoms with van der Waals surface area (Å²) in [5.74, 6) is 0. The van der Waals surface area contributed by atoms with Crippen LogP contribution in [0, 0.1) is 0 Å². The van der Waals surface area contributed by atoms with Crippen molar-refractivity contribution < 1.29 is 9.84 Å². The largest absolute Gasteiger partial charge is 0.390 e. The Hall–Kier alpha value is -0.120. The smallest absolute Gasteiger partial charge is 0.0830 e. The van der Waals surface area contributed by atoms with Crippen molar-refractivity contribution in [2.24, 2.45) is 5.73 Å². The van der Waals surface area contributed by atoms with Gasteiger partial charge in [-0.2, -0.15) is 0 Å². The minimum absolute atomic E-state index is 0.0384. The predicted molar refractivity (Wildman–Crippen MR) is 45.4 cm³/mol. The second kappa shape index (κ2) is 6.58. The maximum atomic E-state index is 9.44. The fourth-order valence-electron chi connectivity index (χ4n) is 1.11. The van der Waals surface area contributed by atoms with Gasteiger partial charge >= 0.3 is 0 Å². The summed E-state index contributed by atoms with van der Waals surface area (Å²) in [5, 5.41) is 9.44. The minimum Gasteiger partial charge on any atom is -0.390 e. The van der Waals surface area contributed by atoms with Crippen LogP contribution in [-0.2, 0) is 4.74 Å². The van der Waals surface area contributed by atoms with Gasteiger partial charge in [0, 0.05) is 7.11 Å². The molecule has 0 spiro atoms. The number of hydrogen-bond donors (Lipinski definition) is 2. The molecule has 2 atom stereocenters. The Morgan fingerprint density at radius 2 is 2.09 bits per heavy atom. The highest BCUT2D eigenvalue weighted by Crippen LogP contribution is 2.08. The first-order valence-corrected chi connectivity index (χ1v) is 4.17.